The molecule has 6 nitrogen and oxygen atoms in total. The summed E-state index contributed by atoms with van der Waals surface area (Å²) in [6, 6.07) is 0. The van der Waals surface area contributed by atoms with Gasteiger partial charge in [0.05, 0.1) is 0 Å². The molecule has 88 valence electrons. The highest BCUT2D eigenvalue weighted by Crippen LogP contribution is 2.01. The molecule has 15 heavy (non-hydrogen) atoms. The van der Waals surface area contributed by atoms with Gasteiger partial charge in [0.15, 0.2) is 0 Å². The second kappa shape index (κ2) is 5.55. The van der Waals surface area contributed by atoms with Crippen LogP contribution < -0.4 is 10.6 Å². The normalized spacial score (nSPS) is 11.3. The lowest BCUT2D eigenvalue weighted by Crippen LogP contribution is -2.55. The third kappa shape index (κ3) is 5.90. The first-order chi connectivity index (χ1) is 6.75. The van der Waals surface area contributed by atoms with Gasteiger partial charge in [-0.05, 0) is 27.9 Å². The first-order valence-electron chi connectivity index (χ1n) is 4.70. The molecular weight excluding hydrogens is 198 g/mol. The number of hydrogen-bond acceptors (Lipinski definition) is 3. The Labute approximate surface area is 89.6 Å². The number of likely N-dealkylation sites (N-methyl/N-ethyl adjacent to an activating group) is 1. The summed E-state index contributed by atoms with van der Waals surface area (Å²) in [5.74, 6) is -0.327. The second-order valence-electron chi connectivity index (χ2n) is 4.11. The topological polar surface area (TPSA) is 81.7 Å². The van der Waals surface area contributed by atoms with Gasteiger partial charge in [0.1, 0.15) is 5.54 Å². The van der Waals surface area contributed by atoms with Crippen molar-refractivity contribution in [1.29, 1.82) is 0 Å². The number of nitrogens with one attached hydrogen (secondary N) is 2. The Kier molecular flexibility index (Phi) is 5.07. The molecule has 3 N–H and O–H groups in total. The molecule has 0 aromatic heterocycles. The van der Waals surface area contributed by atoms with E-state index >= 15 is 0 Å². The molecule has 0 atom stereocenters. The Morgan fingerprint density at radius 1 is 1.33 bits per heavy atom. The first-order valence-corrected chi connectivity index (χ1v) is 4.70. The summed E-state index contributed by atoms with van der Waals surface area (Å²) in [7, 11) is 3.79. The van der Waals surface area contributed by atoms with Crippen molar-refractivity contribution in [3.63, 3.8) is 0 Å². The molecular formula is C9H19N3O3. The summed E-state index contributed by atoms with van der Waals surface area (Å²) < 4.78 is 0. The molecule has 0 saturated carbocycles. The summed E-state index contributed by atoms with van der Waals surface area (Å²) in [6.07, 6.45) is -1.21. The van der Waals surface area contributed by atoms with Crippen molar-refractivity contribution >= 4 is 12.0 Å². The number of rotatable bonds is 5. The average molecular weight is 217 g/mol. The predicted molar refractivity (Wildman–Crippen MR) is 56.8 cm³/mol. The van der Waals surface area contributed by atoms with Crippen molar-refractivity contribution in [2.24, 2.45) is 0 Å². The SMILES string of the molecule is CN(C)CCNC(=O)C(C)(C)NC(=O)O. The number of hydrogen-bond donors (Lipinski definition) is 3. The maximum atomic E-state index is 11.5. The molecule has 0 fully saturated rings. The van der Waals surface area contributed by atoms with E-state index in [0.717, 1.165) is 6.54 Å². The molecule has 0 bridgehead atoms. The van der Waals surface area contributed by atoms with Gasteiger partial charge < -0.3 is 20.6 Å². The Morgan fingerprint density at radius 2 is 1.87 bits per heavy atom. The van der Waals surface area contributed by atoms with E-state index in [0.29, 0.717) is 6.54 Å². The molecule has 2 amide bonds. The van der Waals surface area contributed by atoms with Crippen LogP contribution in [0.4, 0.5) is 4.79 Å². The molecule has 0 aliphatic carbocycles. The lowest BCUT2D eigenvalue weighted by atomic mass is 10.1. The minimum atomic E-state index is -1.21. The standard InChI is InChI=1S/C9H19N3O3/c1-9(2,11-8(14)15)7(13)10-5-6-12(3)4/h11H,5-6H2,1-4H3,(H,10,13)(H,14,15). The van der Waals surface area contributed by atoms with Crippen molar-refractivity contribution in [2.45, 2.75) is 19.4 Å². The van der Waals surface area contributed by atoms with Crippen LogP contribution in [-0.2, 0) is 4.79 Å². The fraction of sp³-hybridized carbons (Fsp3) is 0.778. The Bertz CT molecular complexity index is 239. The van der Waals surface area contributed by atoms with Gasteiger partial charge in [0, 0.05) is 13.1 Å². The summed E-state index contributed by atoms with van der Waals surface area (Å²) in [4.78, 5) is 23.9. The lowest BCUT2D eigenvalue weighted by molar-refractivity contribution is -0.126. The number of carboxylic acid groups (broad SMARTS) is 1. The summed E-state index contributed by atoms with van der Waals surface area (Å²) in [6.45, 7) is 4.25. The van der Waals surface area contributed by atoms with Crippen LogP contribution in [0.25, 0.3) is 0 Å². The minimum absolute atomic E-state index is 0.327. The van der Waals surface area contributed by atoms with E-state index in [-0.39, 0.29) is 5.91 Å². The van der Waals surface area contributed by atoms with Crippen molar-refractivity contribution in [3.8, 4) is 0 Å². The highest BCUT2D eigenvalue weighted by molar-refractivity contribution is 5.88. The van der Waals surface area contributed by atoms with Gasteiger partial charge in [0.25, 0.3) is 0 Å². The zero-order valence-corrected chi connectivity index (χ0v) is 9.63. The van der Waals surface area contributed by atoms with Gasteiger partial charge in [-0.15, -0.1) is 0 Å². The third-order valence-electron chi connectivity index (χ3n) is 1.83. The molecule has 0 aliphatic rings. The maximum absolute atomic E-state index is 11.5. The zero-order chi connectivity index (χ0) is 12.1. The predicted octanol–water partition coefficient (Wildman–Crippen LogP) is -0.290. The van der Waals surface area contributed by atoms with Gasteiger partial charge >= 0.3 is 6.09 Å². The summed E-state index contributed by atoms with van der Waals surface area (Å²) >= 11 is 0. The van der Waals surface area contributed by atoms with Crippen molar-refractivity contribution in [1.82, 2.24) is 15.5 Å². The van der Waals surface area contributed by atoms with Crippen LogP contribution in [0.1, 0.15) is 13.8 Å². The van der Waals surface area contributed by atoms with Crippen LogP contribution in [0.15, 0.2) is 0 Å². The number of carbonyl (C=O) groups excluding carboxylic acids is 1. The van der Waals surface area contributed by atoms with Gasteiger partial charge in [-0.3, -0.25) is 4.79 Å². The molecule has 0 aliphatic heterocycles. The van der Waals surface area contributed by atoms with E-state index in [4.69, 9.17) is 5.11 Å². The highest BCUT2D eigenvalue weighted by atomic mass is 16.4. The second-order valence-corrected chi connectivity index (χ2v) is 4.11. The van der Waals surface area contributed by atoms with Crippen LogP contribution in [-0.4, -0.2) is 54.7 Å². The van der Waals surface area contributed by atoms with E-state index in [1.165, 1.54) is 13.8 Å². The summed E-state index contributed by atoms with van der Waals surface area (Å²) in [5.41, 5.74) is -1.10. The smallest absolute Gasteiger partial charge is 0.405 e. The van der Waals surface area contributed by atoms with Crippen LogP contribution in [0.2, 0.25) is 0 Å². The largest absolute Gasteiger partial charge is 0.465 e. The van der Waals surface area contributed by atoms with Crippen molar-refractivity contribution < 1.29 is 14.7 Å². The van der Waals surface area contributed by atoms with Crippen molar-refractivity contribution in [3.05, 3.63) is 0 Å². The van der Waals surface area contributed by atoms with Crippen LogP contribution in [0.5, 0.6) is 0 Å². The minimum Gasteiger partial charge on any atom is -0.465 e. The van der Waals surface area contributed by atoms with Gasteiger partial charge in [0.2, 0.25) is 5.91 Å². The molecule has 0 aromatic carbocycles. The van der Waals surface area contributed by atoms with Crippen LogP contribution >= 0.6 is 0 Å². The van der Waals surface area contributed by atoms with Crippen LogP contribution in [0.3, 0.4) is 0 Å². The monoisotopic (exact) mass is 217 g/mol. The number of nitrogens with zero attached hydrogens (tertiary/aromatic N) is 1. The van der Waals surface area contributed by atoms with E-state index in [1.54, 1.807) is 0 Å². The Hall–Kier alpha value is -1.30. The molecule has 0 radical (unpaired) electrons. The van der Waals surface area contributed by atoms with Crippen molar-refractivity contribution in [2.75, 3.05) is 27.2 Å². The molecule has 6 heteroatoms. The van der Waals surface area contributed by atoms with E-state index in [9.17, 15) is 9.59 Å². The fourth-order valence-corrected chi connectivity index (χ4v) is 0.938. The zero-order valence-electron chi connectivity index (χ0n) is 9.63. The molecule has 0 heterocycles. The van der Waals surface area contributed by atoms with E-state index < -0.39 is 11.6 Å². The number of carbonyl (C=O) groups is 2. The molecule has 0 unspecified atom stereocenters. The van der Waals surface area contributed by atoms with Crippen LogP contribution in [0, 0.1) is 0 Å². The average Bonchev–Trinajstić information content (AvgIpc) is 2.00. The molecule has 0 saturated heterocycles. The lowest BCUT2D eigenvalue weighted by Gasteiger charge is -2.23. The Balaban J connectivity index is 4.02. The number of amides is 2. The van der Waals surface area contributed by atoms with Gasteiger partial charge in [-0.1, -0.05) is 0 Å². The summed E-state index contributed by atoms with van der Waals surface area (Å²) in [5, 5.41) is 13.3. The van der Waals surface area contributed by atoms with Gasteiger partial charge in [-0.2, -0.15) is 0 Å². The molecule has 0 aromatic rings. The fourth-order valence-electron chi connectivity index (χ4n) is 0.938. The third-order valence-corrected chi connectivity index (χ3v) is 1.83. The van der Waals surface area contributed by atoms with E-state index in [1.807, 2.05) is 19.0 Å². The molecule has 0 rings (SSSR count). The van der Waals surface area contributed by atoms with Gasteiger partial charge in [-0.25, -0.2) is 4.79 Å². The first kappa shape index (κ1) is 13.7. The Morgan fingerprint density at radius 3 is 2.27 bits per heavy atom. The van der Waals surface area contributed by atoms with E-state index in [2.05, 4.69) is 10.6 Å². The maximum Gasteiger partial charge on any atom is 0.405 e. The highest BCUT2D eigenvalue weighted by Gasteiger charge is 2.28. The molecule has 0 spiro atoms. The quantitative estimate of drug-likeness (QED) is 0.591.